The molecule has 0 saturated heterocycles. The molecule has 0 bridgehead atoms. The summed E-state index contributed by atoms with van der Waals surface area (Å²) in [6.45, 7) is 4.67. The van der Waals surface area contributed by atoms with Crippen LogP contribution in [0.1, 0.15) is 24.2 Å². The van der Waals surface area contributed by atoms with Crippen LogP contribution in [0, 0.1) is 5.92 Å². The number of carbonyl (C=O) groups excluding carboxylic acids is 2. The van der Waals surface area contributed by atoms with Crippen LogP contribution in [0.25, 0.3) is 0 Å². The van der Waals surface area contributed by atoms with Crippen molar-refractivity contribution in [3.8, 4) is 0 Å². The highest BCUT2D eigenvalue weighted by Crippen LogP contribution is 2.01. The van der Waals surface area contributed by atoms with E-state index in [9.17, 15) is 14.4 Å². The maximum absolute atomic E-state index is 11.8. The number of esters is 1. The van der Waals surface area contributed by atoms with Gasteiger partial charge >= 0.3 is 5.97 Å². The number of nitrogens with one attached hydrogen (secondary N) is 1. The van der Waals surface area contributed by atoms with Gasteiger partial charge in [0.05, 0.1) is 24.9 Å². The van der Waals surface area contributed by atoms with Crippen LogP contribution in [0.4, 0.5) is 0 Å². The summed E-state index contributed by atoms with van der Waals surface area (Å²) in [6.07, 6.45) is 2.30. The van der Waals surface area contributed by atoms with E-state index in [0.717, 1.165) is 6.29 Å². The van der Waals surface area contributed by atoms with Crippen LogP contribution in [0.2, 0.25) is 0 Å². The number of nitrogens with zero attached hydrogens (tertiary/aromatic N) is 1. The summed E-state index contributed by atoms with van der Waals surface area (Å²) in [6, 6.07) is 2.50. The molecule has 0 fully saturated rings. The number of alkyl halides is 1. The lowest BCUT2D eigenvalue weighted by molar-refractivity contribution is -0.111. The maximum atomic E-state index is 11.8. The average molecular weight is 436 g/mol. The lowest BCUT2D eigenvalue weighted by Gasteiger charge is -2.16. The zero-order valence-electron chi connectivity index (χ0n) is 13.2. The number of hydrogen-bond acceptors (Lipinski definition) is 6. The van der Waals surface area contributed by atoms with Gasteiger partial charge in [-0.25, -0.2) is 4.79 Å². The van der Waals surface area contributed by atoms with Crippen molar-refractivity contribution < 1.29 is 19.1 Å². The molecule has 1 heterocycles. The van der Waals surface area contributed by atoms with E-state index in [4.69, 9.17) is 9.47 Å². The van der Waals surface area contributed by atoms with E-state index < -0.39 is 5.97 Å². The van der Waals surface area contributed by atoms with Gasteiger partial charge in [0.25, 0.3) is 5.56 Å². The fraction of sp³-hybridized carbons (Fsp3) is 0.533. The lowest BCUT2D eigenvalue weighted by Crippen LogP contribution is -2.37. The van der Waals surface area contributed by atoms with E-state index in [0.29, 0.717) is 12.1 Å². The number of ether oxygens (including phenoxy) is 2. The molecule has 1 rings (SSSR count). The minimum absolute atomic E-state index is 0.180. The molecular weight excluding hydrogens is 415 g/mol. The predicted molar refractivity (Wildman–Crippen MR) is 93.6 cm³/mol. The number of hydrogen-bond donors (Lipinski definition) is 1. The fourth-order valence-electron chi connectivity index (χ4n) is 1.79. The van der Waals surface area contributed by atoms with Gasteiger partial charge in [0, 0.05) is 18.8 Å². The third-order valence-corrected chi connectivity index (χ3v) is 3.48. The molecule has 0 aliphatic rings. The van der Waals surface area contributed by atoms with E-state index in [-0.39, 0.29) is 35.5 Å². The highest BCUT2D eigenvalue weighted by molar-refractivity contribution is 14.1. The lowest BCUT2D eigenvalue weighted by atomic mass is 10.1. The molecule has 0 spiro atoms. The summed E-state index contributed by atoms with van der Waals surface area (Å²) in [5, 5.41) is 2.96. The van der Waals surface area contributed by atoms with Gasteiger partial charge in [-0.05, 0) is 34.6 Å². The molecule has 0 aliphatic heterocycles. The summed E-state index contributed by atoms with van der Waals surface area (Å²) >= 11 is 1.93. The molecule has 1 aromatic rings. The average Bonchev–Trinajstić information content (AvgIpc) is 2.52. The van der Waals surface area contributed by atoms with Gasteiger partial charge in [-0.1, -0.05) is 13.8 Å². The second-order valence-corrected chi connectivity index (χ2v) is 5.78. The van der Waals surface area contributed by atoms with Gasteiger partial charge in [0.2, 0.25) is 0 Å². The molecule has 0 aliphatic carbocycles. The van der Waals surface area contributed by atoms with E-state index in [2.05, 4.69) is 5.32 Å². The van der Waals surface area contributed by atoms with Crippen LogP contribution in [0.3, 0.4) is 0 Å². The molecule has 0 radical (unpaired) electrons. The summed E-state index contributed by atoms with van der Waals surface area (Å²) in [4.78, 5) is 34.2. The predicted octanol–water partition coefficient (Wildman–Crippen LogP) is 1.18. The molecular formula is C15H21IN2O5. The van der Waals surface area contributed by atoms with E-state index in [1.54, 1.807) is 0 Å². The number of aldehydes is 1. The van der Waals surface area contributed by atoms with Crippen LogP contribution < -0.4 is 10.9 Å². The Balaban J connectivity index is 2.48. The van der Waals surface area contributed by atoms with Crippen molar-refractivity contribution >= 4 is 34.8 Å². The second kappa shape index (κ2) is 10.5. The Morgan fingerprint density at radius 2 is 2.17 bits per heavy atom. The summed E-state index contributed by atoms with van der Waals surface area (Å²) in [7, 11) is 0. The quantitative estimate of drug-likeness (QED) is 0.148. The van der Waals surface area contributed by atoms with Crippen molar-refractivity contribution in [2.45, 2.75) is 26.4 Å². The zero-order chi connectivity index (χ0) is 17.2. The molecule has 0 saturated carbocycles. The van der Waals surface area contributed by atoms with Crippen LogP contribution in [0.5, 0.6) is 0 Å². The molecule has 1 aromatic heterocycles. The third-order valence-electron chi connectivity index (χ3n) is 3.17. The number of halogens is 1. The third kappa shape index (κ3) is 6.80. The van der Waals surface area contributed by atoms with Gasteiger partial charge < -0.3 is 18.8 Å². The summed E-state index contributed by atoms with van der Waals surface area (Å²) in [5.41, 5.74) is 0.0979. The summed E-state index contributed by atoms with van der Waals surface area (Å²) in [5.74, 6) is -0.291. The van der Waals surface area contributed by atoms with Crippen molar-refractivity contribution in [3.05, 3.63) is 34.2 Å². The molecule has 0 unspecified atom stereocenters. The highest BCUT2D eigenvalue weighted by atomic mass is 127. The first kappa shape index (κ1) is 19.8. The molecule has 8 heteroatoms. The van der Waals surface area contributed by atoms with Crippen molar-refractivity contribution in [2.75, 3.05) is 18.0 Å². The smallest absolute Gasteiger partial charge is 0.340 e. The molecule has 1 atom stereocenters. The normalized spacial score (nSPS) is 12.2. The minimum Gasteiger partial charge on any atom is -0.451 e. The van der Waals surface area contributed by atoms with Crippen LogP contribution in [0.15, 0.2) is 23.1 Å². The zero-order valence-corrected chi connectivity index (χ0v) is 15.3. The van der Waals surface area contributed by atoms with E-state index in [1.807, 2.05) is 36.4 Å². The van der Waals surface area contributed by atoms with Crippen molar-refractivity contribution in [1.82, 2.24) is 9.88 Å². The Kier molecular flexibility index (Phi) is 9.03. The van der Waals surface area contributed by atoms with Crippen molar-refractivity contribution in [2.24, 2.45) is 5.92 Å². The standard InChI is InChI=1S/C15H21IN2O5/c1-11(2)13(8-19)17-10-22-6-5-18-7-12(3-4-14(18)20)15(21)23-9-16/h3-4,7-8,11,13,17H,5-6,9-10H2,1-2H3/t13-/m0/s1. The first-order valence-corrected chi connectivity index (χ1v) is 8.72. The Morgan fingerprint density at radius 3 is 2.78 bits per heavy atom. The largest absolute Gasteiger partial charge is 0.451 e. The number of aromatic nitrogens is 1. The first-order valence-electron chi connectivity index (χ1n) is 7.19. The molecule has 23 heavy (non-hydrogen) atoms. The monoisotopic (exact) mass is 436 g/mol. The van der Waals surface area contributed by atoms with Crippen molar-refractivity contribution in [1.29, 1.82) is 0 Å². The van der Waals surface area contributed by atoms with Crippen LogP contribution >= 0.6 is 22.6 Å². The number of carbonyl (C=O) groups is 2. The summed E-state index contributed by atoms with van der Waals surface area (Å²) < 4.78 is 11.9. The molecule has 128 valence electrons. The Morgan fingerprint density at radius 1 is 1.43 bits per heavy atom. The highest BCUT2D eigenvalue weighted by Gasteiger charge is 2.11. The van der Waals surface area contributed by atoms with Crippen molar-refractivity contribution in [3.63, 3.8) is 0 Å². The molecule has 0 aromatic carbocycles. The molecule has 0 amide bonds. The van der Waals surface area contributed by atoms with Gasteiger partial charge in [-0.2, -0.15) is 0 Å². The molecule has 1 N–H and O–H groups in total. The number of rotatable bonds is 10. The van der Waals surface area contributed by atoms with Crippen LogP contribution in [-0.4, -0.2) is 40.8 Å². The first-order chi connectivity index (χ1) is 11.0. The maximum Gasteiger partial charge on any atom is 0.340 e. The minimum atomic E-state index is -0.471. The topological polar surface area (TPSA) is 86.6 Å². The van der Waals surface area contributed by atoms with Gasteiger partial charge in [0.15, 0.2) is 0 Å². The van der Waals surface area contributed by atoms with E-state index >= 15 is 0 Å². The fourth-order valence-corrected chi connectivity index (χ4v) is 2.07. The Hall–Kier alpha value is -1.26. The van der Waals surface area contributed by atoms with E-state index in [1.165, 1.54) is 22.9 Å². The second-order valence-electron chi connectivity index (χ2n) is 5.15. The van der Waals surface area contributed by atoms with Crippen LogP contribution in [-0.2, 0) is 20.8 Å². The Labute approximate surface area is 148 Å². The molecule has 7 nitrogen and oxygen atoms in total. The van der Waals surface area contributed by atoms with Gasteiger partial charge in [0.1, 0.15) is 10.9 Å². The van der Waals surface area contributed by atoms with Gasteiger partial charge in [-0.3, -0.25) is 10.1 Å². The Bertz CT molecular complexity index is 573. The van der Waals surface area contributed by atoms with Gasteiger partial charge in [-0.15, -0.1) is 0 Å². The SMILES string of the molecule is CC(C)[C@H](C=O)NCOCCn1cc(C(=O)OCI)ccc1=O. The number of pyridine rings is 1.